The van der Waals surface area contributed by atoms with Gasteiger partial charge in [-0.2, -0.15) is 0 Å². The normalized spacial score (nSPS) is 16.9. The highest BCUT2D eigenvalue weighted by Crippen LogP contribution is 2.30. The highest BCUT2D eigenvalue weighted by Gasteiger charge is 2.24. The molecule has 0 aliphatic heterocycles. The van der Waals surface area contributed by atoms with Crippen LogP contribution in [-0.4, -0.2) is 32.7 Å². The van der Waals surface area contributed by atoms with Gasteiger partial charge in [-0.1, -0.05) is 24.3 Å². The predicted octanol–water partition coefficient (Wildman–Crippen LogP) is 2.35. The van der Waals surface area contributed by atoms with E-state index in [1.165, 1.54) is 31.8 Å². The molecule has 0 saturated heterocycles. The predicted molar refractivity (Wildman–Crippen MR) is 92.3 cm³/mol. The molecular weight excluding hydrogens is 324 g/mol. The number of carbonyl (C=O) groups is 1. The van der Waals surface area contributed by atoms with Crippen LogP contribution in [-0.2, 0) is 16.4 Å². The van der Waals surface area contributed by atoms with Gasteiger partial charge in [-0.25, -0.2) is 12.7 Å². The summed E-state index contributed by atoms with van der Waals surface area (Å²) in [6, 6.07) is 14.2. The minimum absolute atomic E-state index is 0.0129. The highest BCUT2D eigenvalue weighted by molar-refractivity contribution is 7.89. The Kier molecular flexibility index (Phi) is 4.43. The van der Waals surface area contributed by atoms with Crippen LogP contribution in [0.5, 0.6) is 0 Å². The molecule has 3 rings (SSSR count). The topological polar surface area (TPSA) is 66.5 Å². The van der Waals surface area contributed by atoms with Crippen LogP contribution in [0.2, 0.25) is 0 Å². The maximum absolute atomic E-state index is 12.4. The molecule has 2 aromatic rings. The van der Waals surface area contributed by atoms with Gasteiger partial charge in [0.1, 0.15) is 0 Å². The standard InChI is InChI=1S/C18H20N2O3S/c1-20(2)24(22,23)15-10-7-14(8-11-15)18(21)19-17-12-9-13-5-3-4-6-16(13)17/h3-8,10-11,17H,9,12H2,1-2H3,(H,19,21)/t17-/m0/s1. The Morgan fingerprint density at radius 3 is 2.42 bits per heavy atom. The number of carbonyl (C=O) groups excluding carboxylic acids is 1. The summed E-state index contributed by atoms with van der Waals surface area (Å²) >= 11 is 0. The molecule has 0 bridgehead atoms. The van der Waals surface area contributed by atoms with Gasteiger partial charge in [0.25, 0.3) is 5.91 Å². The summed E-state index contributed by atoms with van der Waals surface area (Å²) in [5.41, 5.74) is 2.89. The molecule has 126 valence electrons. The monoisotopic (exact) mass is 344 g/mol. The van der Waals surface area contributed by atoms with Crippen LogP contribution in [0.4, 0.5) is 0 Å². The number of amides is 1. The lowest BCUT2D eigenvalue weighted by Gasteiger charge is -2.15. The molecule has 0 spiro atoms. The third-order valence-electron chi connectivity index (χ3n) is 4.33. The Balaban J connectivity index is 1.75. The van der Waals surface area contributed by atoms with Crippen LogP contribution >= 0.6 is 0 Å². The van der Waals surface area contributed by atoms with Crippen molar-refractivity contribution in [2.75, 3.05) is 14.1 Å². The van der Waals surface area contributed by atoms with E-state index in [9.17, 15) is 13.2 Å². The Morgan fingerprint density at radius 1 is 1.08 bits per heavy atom. The first-order valence-electron chi connectivity index (χ1n) is 7.81. The van der Waals surface area contributed by atoms with E-state index < -0.39 is 10.0 Å². The molecule has 1 aliphatic rings. The lowest BCUT2D eigenvalue weighted by atomic mass is 10.1. The summed E-state index contributed by atoms with van der Waals surface area (Å²) in [7, 11) is -0.521. The van der Waals surface area contributed by atoms with Crippen molar-refractivity contribution in [3.63, 3.8) is 0 Å². The molecule has 5 nitrogen and oxygen atoms in total. The average molecular weight is 344 g/mol. The number of hydrogen-bond acceptors (Lipinski definition) is 3. The second-order valence-electron chi connectivity index (χ2n) is 6.08. The number of sulfonamides is 1. The molecule has 6 heteroatoms. The van der Waals surface area contributed by atoms with E-state index in [1.807, 2.05) is 18.2 Å². The van der Waals surface area contributed by atoms with E-state index in [-0.39, 0.29) is 16.8 Å². The van der Waals surface area contributed by atoms with Gasteiger partial charge in [-0.3, -0.25) is 4.79 Å². The van der Waals surface area contributed by atoms with Crippen LogP contribution in [0.3, 0.4) is 0 Å². The third kappa shape index (κ3) is 3.07. The van der Waals surface area contributed by atoms with Crippen molar-refractivity contribution in [1.82, 2.24) is 9.62 Å². The maximum Gasteiger partial charge on any atom is 0.251 e. The van der Waals surface area contributed by atoms with E-state index in [1.54, 1.807) is 12.1 Å². The van der Waals surface area contributed by atoms with Crippen LogP contribution < -0.4 is 5.32 Å². The van der Waals surface area contributed by atoms with E-state index in [0.717, 1.165) is 22.7 Å². The number of hydrogen-bond donors (Lipinski definition) is 1. The highest BCUT2D eigenvalue weighted by atomic mass is 32.2. The molecule has 1 amide bonds. The Hall–Kier alpha value is -2.18. The van der Waals surface area contributed by atoms with Gasteiger partial charge in [-0.15, -0.1) is 0 Å². The first-order valence-corrected chi connectivity index (χ1v) is 9.25. The molecule has 2 aromatic carbocycles. The fourth-order valence-electron chi connectivity index (χ4n) is 2.94. The van der Waals surface area contributed by atoms with Crippen molar-refractivity contribution in [3.05, 3.63) is 65.2 Å². The summed E-state index contributed by atoms with van der Waals surface area (Å²) in [5, 5.41) is 3.03. The summed E-state index contributed by atoms with van der Waals surface area (Å²) in [6.45, 7) is 0. The zero-order chi connectivity index (χ0) is 17.3. The molecule has 24 heavy (non-hydrogen) atoms. The van der Waals surface area contributed by atoms with Gasteiger partial charge < -0.3 is 5.32 Å². The largest absolute Gasteiger partial charge is 0.345 e. The van der Waals surface area contributed by atoms with E-state index >= 15 is 0 Å². The molecule has 0 saturated carbocycles. The van der Waals surface area contributed by atoms with Crippen molar-refractivity contribution >= 4 is 15.9 Å². The van der Waals surface area contributed by atoms with E-state index in [2.05, 4.69) is 11.4 Å². The molecule has 1 aliphatic carbocycles. The minimum atomic E-state index is -3.48. The quantitative estimate of drug-likeness (QED) is 0.926. The van der Waals surface area contributed by atoms with E-state index in [4.69, 9.17) is 0 Å². The SMILES string of the molecule is CN(C)S(=O)(=O)c1ccc(C(=O)N[C@H]2CCc3ccccc32)cc1. The second-order valence-corrected chi connectivity index (χ2v) is 8.23. The molecular formula is C18H20N2O3S. The minimum Gasteiger partial charge on any atom is -0.345 e. The van der Waals surface area contributed by atoms with Gasteiger partial charge >= 0.3 is 0 Å². The smallest absolute Gasteiger partial charge is 0.251 e. The maximum atomic E-state index is 12.4. The first-order chi connectivity index (χ1) is 11.4. The van der Waals surface area contributed by atoms with Gasteiger partial charge in [0.15, 0.2) is 0 Å². The Bertz CT molecular complexity index is 858. The summed E-state index contributed by atoms with van der Waals surface area (Å²) < 4.78 is 25.3. The van der Waals surface area contributed by atoms with Gasteiger partial charge in [0.2, 0.25) is 10.0 Å². The Labute approximate surface area is 142 Å². The molecule has 0 heterocycles. The fraction of sp³-hybridized carbons (Fsp3) is 0.278. The molecule has 0 radical (unpaired) electrons. The average Bonchev–Trinajstić information content (AvgIpc) is 2.98. The molecule has 1 N–H and O–H groups in total. The van der Waals surface area contributed by atoms with Crippen LogP contribution in [0, 0.1) is 0 Å². The number of benzene rings is 2. The summed E-state index contributed by atoms with van der Waals surface area (Å²) in [4.78, 5) is 12.6. The third-order valence-corrected chi connectivity index (χ3v) is 6.16. The first kappa shape index (κ1) is 16.7. The van der Waals surface area contributed by atoms with E-state index in [0.29, 0.717) is 5.56 Å². The molecule has 0 fully saturated rings. The van der Waals surface area contributed by atoms with Crippen LogP contribution in [0.15, 0.2) is 53.4 Å². The molecule has 1 atom stereocenters. The zero-order valence-corrected chi connectivity index (χ0v) is 14.5. The number of fused-ring (bicyclic) bond motifs is 1. The van der Waals surface area contributed by atoms with Crippen LogP contribution in [0.25, 0.3) is 0 Å². The molecule has 0 aromatic heterocycles. The van der Waals surface area contributed by atoms with Gasteiger partial charge in [-0.05, 0) is 48.2 Å². The van der Waals surface area contributed by atoms with Crippen molar-refractivity contribution in [2.45, 2.75) is 23.8 Å². The number of aryl methyl sites for hydroxylation is 1. The molecule has 0 unspecified atom stereocenters. The van der Waals surface area contributed by atoms with Gasteiger partial charge in [0.05, 0.1) is 10.9 Å². The summed E-state index contributed by atoms with van der Waals surface area (Å²) in [6.07, 6.45) is 1.85. The second kappa shape index (κ2) is 6.37. The van der Waals surface area contributed by atoms with Crippen molar-refractivity contribution in [2.24, 2.45) is 0 Å². The van der Waals surface area contributed by atoms with Crippen molar-refractivity contribution in [3.8, 4) is 0 Å². The zero-order valence-electron chi connectivity index (χ0n) is 13.7. The van der Waals surface area contributed by atoms with Gasteiger partial charge in [0, 0.05) is 19.7 Å². The lowest BCUT2D eigenvalue weighted by molar-refractivity contribution is 0.0936. The summed E-state index contributed by atoms with van der Waals surface area (Å²) in [5.74, 6) is -0.189. The number of rotatable bonds is 4. The van der Waals surface area contributed by atoms with Crippen LogP contribution in [0.1, 0.15) is 33.9 Å². The fourth-order valence-corrected chi connectivity index (χ4v) is 3.84. The number of nitrogens with one attached hydrogen (secondary N) is 1. The van der Waals surface area contributed by atoms with Crippen molar-refractivity contribution < 1.29 is 13.2 Å². The van der Waals surface area contributed by atoms with Crippen molar-refractivity contribution in [1.29, 1.82) is 0 Å². The lowest BCUT2D eigenvalue weighted by Crippen LogP contribution is -2.27. The number of nitrogens with zero attached hydrogens (tertiary/aromatic N) is 1. The Morgan fingerprint density at radius 2 is 1.75 bits per heavy atom.